The highest BCUT2D eigenvalue weighted by Crippen LogP contribution is 2.22. The normalized spacial score (nSPS) is 11.7. The van der Waals surface area contributed by atoms with E-state index in [-0.39, 0.29) is 16.3 Å². The highest BCUT2D eigenvalue weighted by molar-refractivity contribution is 6.31. The summed E-state index contributed by atoms with van der Waals surface area (Å²) in [5.74, 6) is -0.0780. The third-order valence-electron chi connectivity index (χ3n) is 1.52. The van der Waals surface area contributed by atoms with Gasteiger partial charge in [0.25, 0.3) is 0 Å². The zero-order valence-electron chi connectivity index (χ0n) is 6.90. The Bertz CT molecular complexity index is 327. The molecule has 0 atom stereocenters. The van der Waals surface area contributed by atoms with Crippen molar-refractivity contribution in [1.29, 1.82) is 0 Å². The molecular weight excluding hydrogens is 219 g/mol. The van der Waals surface area contributed by atoms with E-state index >= 15 is 0 Å². The molecule has 14 heavy (non-hydrogen) atoms. The van der Waals surface area contributed by atoms with Crippen LogP contribution >= 0.6 is 11.6 Å². The molecular formula is C8H7ClF3NO. The van der Waals surface area contributed by atoms with Gasteiger partial charge in [-0.1, -0.05) is 17.7 Å². The summed E-state index contributed by atoms with van der Waals surface area (Å²) in [6.07, 6.45) is -4.43. The summed E-state index contributed by atoms with van der Waals surface area (Å²) in [6.45, 7) is -0.414. The van der Waals surface area contributed by atoms with Gasteiger partial charge in [-0.25, -0.2) is 5.32 Å². The van der Waals surface area contributed by atoms with Crippen LogP contribution in [0.1, 0.15) is 5.56 Å². The van der Waals surface area contributed by atoms with Crippen molar-refractivity contribution in [2.75, 3.05) is 0 Å². The van der Waals surface area contributed by atoms with Crippen LogP contribution < -0.4 is 5.32 Å². The first-order chi connectivity index (χ1) is 6.38. The van der Waals surface area contributed by atoms with Crippen molar-refractivity contribution in [2.24, 2.45) is 0 Å². The Morgan fingerprint density at radius 1 is 1.36 bits per heavy atom. The maximum absolute atomic E-state index is 11.7. The highest BCUT2D eigenvalue weighted by atomic mass is 35.5. The Labute approximate surface area is 83.3 Å². The van der Waals surface area contributed by atoms with Crippen molar-refractivity contribution in [1.82, 2.24) is 5.32 Å². The Morgan fingerprint density at radius 2 is 2.00 bits per heavy atom. The molecule has 0 aromatic heterocycles. The van der Waals surface area contributed by atoms with E-state index in [0.29, 0.717) is 0 Å². The monoisotopic (exact) mass is 225 g/mol. The van der Waals surface area contributed by atoms with E-state index in [1.807, 2.05) is 0 Å². The van der Waals surface area contributed by atoms with E-state index in [1.165, 1.54) is 23.5 Å². The number of rotatable bonds is 2. The van der Waals surface area contributed by atoms with Crippen molar-refractivity contribution >= 4 is 11.6 Å². The number of hydrogen-bond acceptors (Lipinski definition) is 2. The highest BCUT2D eigenvalue weighted by Gasteiger charge is 2.26. The summed E-state index contributed by atoms with van der Waals surface area (Å²) >= 11 is 5.59. The van der Waals surface area contributed by atoms with Crippen LogP contribution in [0.3, 0.4) is 0 Å². The minimum Gasteiger partial charge on any atom is -0.508 e. The lowest BCUT2D eigenvalue weighted by Gasteiger charge is -2.09. The van der Waals surface area contributed by atoms with Gasteiger partial charge in [-0.2, -0.15) is 13.2 Å². The van der Waals surface area contributed by atoms with Crippen molar-refractivity contribution < 1.29 is 18.3 Å². The molecule has 0 unspecified atom stereocenters. The predicted molar refractivity (Wildman–Crippen MR) is 46.0 cm³/mol. The first kappa shape index (κ1) is 11.1. The molecule has 0 radical (unpaired) electrons. The molecule has 0 saturated heterocycles. The average molecular weight is 226 g/mol. The van der Waals surface area contributed by atoms with E-state index in [2.05, 4.69) is 0 Å². The molecule has 0 fully saturated rings. The summed E-state index contributed by atoms with van der Waals surface area (Å²) in [7, 11) is 0. The number of alkyl halides is 3. The molecule has 0 spiro atoms. The molecule has 0 heterocycles. The van der Waals surface area contributed by atoms with E-state index < -0.39 is 12.8 Å². The lowest BCUT2D eigenvalue weighted by molar-refractivity contribution is -0.158. The molecule has 6 heteroatoms. The fraction of sp³-hybridized carbons (Fsp3) is 0.250. The maximum atomic E-state index is 11.7. The zero-order valence-corrected chi connectivity index (χ0v) is 7.65. The van der Waals surface area contributed by atoms with Crippen molar-refractivity contribution in [3.05, 3.63) is 28.8 Å². The smallest absolute Gasteiger partial charge is 0.457 e. The average Bonchev–Trinajstić information content (AvgIpc) is 2.00. The number of phenolic OH excluding ortho intramolecular Hbond substituents is 1. The predicted octanol–water partition coefficient (Wildman–Crippen LogP) is 2.66. The molecule has 0 aliphatic carbocycles. The van der Waals surface area contributed by atoms with E-state index in [1.54, 1.807) is 0 Å². The van der Waals surface area contributed by atoms with Gasteiger partial charge < -0.3 is 5.11 Å². The first-order valence-electron chi connectivity index (χ1n) is 3.67. The molecule has 1 aromatic carbocycles. The third kappa shape index (κ3) is 3.43. The summed E-state index contributed by atoms with van der Waals surface area (Å²) in [5.41, 5.74) is 0.279. The molecule has 0 aliphatic heterocycles. The topological polar surface area (TPSA) is 32.3 Å². The number of phenols is 1. The second-order valence-corrected chi connectivity index (χ2v) is 3.03. The first-order valence-corrected chi connectivity index (χ1v) is 4.05. The van der Waals surface area contributed by atoms with Gasteiger partial charge in [-0.15, -0.1) is 0 Å². The molecule has 2 nitrogen and oxygen atoms in total. The fourth-order valence-corrected chi connectivity index (χ4v) is 1.12. The van der Waals surface area contributed by atoms with Gasteiger partial charge in [0.15, 0.2) is 0 Å². The van der Waals surface area contributed by atoms with Gasteiger partial charge in [0.1, 0.15) is 5.75 Å². The molecule has 0 saturated carbocycles. The van der Waals surface area contributed by atoms with Crippen molar-refractivity contribution in [3.63, 3.8) is 0 Å². The quantitative estimate of drug-likeness (QED) is 0.759. The number of benzene rings is 1. The van der Waals surface area contributed by atoms with Gasteiger partial charge in [0.2, 0.25) is 0 Å². The lowest BCUT2D eigenvalue weighted by Crippen LogP contribution is -2.30. The van der Waals surface area contributed by atoms with Crippen LogP contribution in [-0.2, 0) is 6.54 Å². The summed E-state index contributed by atoms with van der Waals surface area (Å²) in [6, 6.07) is 3.80. The van der Waals surface area contributed by atoms with E-state index in [0.717, 1.165) is 0 Å². The molecule has 78 valence electrons. The molecule has 2 N–H and O–H groups in total. The second kappa shape index (κ2) is 4.06. The maximum Gasteiger partial charge on any atom is 0.457 e. The van der Waals surface area contributed by atoms with E-state index in [9.17, 15) is 13.2 Å². The number of aromatic hydroxyl groups is 1. The van der Waals surface area contributed by atoms with Gasteiger partial charge >= 0.3 is 6.30 Å². The van der Waals surface area contributed by atoms with Crippen LogP contribution in [0.2, 0.25) is 5.02 Å². The minimum absolute atomic E-state index is 0.0780. The minimum atomic E-state index is -4.43. The van der Waals surface area contributed by atoms with Crippen LogP contribution in [-0.4, -0.2) is 11.4 Å². The molecule has 1 rings (SSSR count). The number of nitrogens with one attached hydrogen (secondary N) is 1. The SMILES string of the molecule is Oc1ccc(CNC(F)(F)F)c(Cl)c1. The van der Waals surface area contributed by atoms with Gasteiger partial charge in [-0.3, -0.25) is 0 Å². The summed E-state index contributed by atoms with van der Waals surface area (Å²) < 4.78 is 35.2. The molecule has 0 aliphatic rings. The fourth-order valence-electron chi connectivity index (χ4n) is 0.875. The standard InChI is InChI=1S/C8H7ClF3NO/c9-7-3-6(14)2-1-5(7)4-13-8(10,11)12/h1-3,13-14H,4H2. The third-order valence-corrected chi connectivity index (χ3v) is 1.87. The Hall–Kier alpha value is -0.940. The van der Waals surface area contributed by atoms with Crippen molar-refractivity contribution in [2.45, 2.75) is 12.8 Å². The van der Waals surface area contributed by atoms with Crippen LogP contribution in [0, 0.1) is 0 Å². The van der Waals surface area contributed by atoms with Crippen LogP contribution in [0.5, 0.6) is 5.75 Å². The largest absolute Gasteiger partial charge is 0.508 e. The second-order valence-electron chi connectivity index (χ2n) is 2.63. The lowest BCUT2D eigenvalue weighted by atomic mass is 10.2. The molecule has 1 aromatic rings. The number of hydrogen-bond donors (Lipinski definition) is 2. The number of halogens is 4. The van der Waals surface area contributed by atoms with Gasteiger partial charge in [0.05, 0.1) is 0 Å². The Kier molecular flexibility index (Phi) is 3.23. The zero-order chi connectivity index (χ0) is 10.8. The van der Waals surface area contributed by atoms with Crippen LogP contribution in [0.25, 0.3) is 0 Å². The Morgan fingerprint density at radius 3 is 2.50 bits per heavy atom. The summed E-state index contributed by atoms with van der Waals surface area (Å²) in [4.78, 5) is 0. The molecule has 0 bridgehead atoms. The van der Waals surface area contributed by atoms with Crippen LogP contribution in [0.4, 0.5) is 13.2 Å². The van der Waals surface area contributed by atoms with Crippen molar-refractivity contribution in [3.8, 4) is 5.75 Å². The van der Waals surface area contributed by atoms with Gasteiger partial charge in [-0.05, 0) is 17.7 Å². The van der Waals surface area contributed by atoms with Gasteiger partial charge in [0, 0.05) is 11.6 Å². The van der Waals surface area contributed by atoms with Crippen LogP contribution in [0.15, 0.2) is 18.2 Å². The summed E-state index contributed by atoms with van der Waals surface area (Å²) in [5, 5.41) is 10.4. The Balaban J connectivity index is 2.68. The molecule has 0 amide bonds. The van der Waals surface area contributed by atoms with E-state index in [4.69, 9.17) is 16.7 Å².